The lowest BCUT2D eigenvalue weighted by Gasteiger charge is -2.44. The van der Waals surface area contributed by atoms with Gasteiger partial charge in [0.25, 0.3) is 5.91 Å². The average Bonchev–Trinajstić information content (AvgIpc) is 3.34. The van der Waals surface area contributed by atoms with Gasteiger partial charge in [-0.05, 0) is 59.5 Å². The van der Waals surface area contributed by atoms with Gasteiger partial charge in [0.05, 0.1) is 25.1 Å². The molecule has 1 aromatic heterocycles. The summed E-state index contributed by atoms with van der Waals surface area (Å²) < 4.78 is 0. The Morgan fingerprint density at radius 2 is 1.81 bits per heavy atom. The lowest BCUT2D eigenvalue weighted by atomic mass is 9.81. The third-order valence-corrected chi connectivity index (χ3v) is 7.60. The van der Waals surface area contributed by atoms with E-state index >= 15 is 0 Å². The first-order chi connectivity index (χ1) is 17.4. The fourth-order valence-corrected chi connectivity index (χ4v) is 5.74. The number of rotatable bonds is 5. The van der Waals surface area contributed by atoms with Crippen LogP contribution in [0.2, 0.25) is 0 Å². The molecule has 1 N–H and O–H groups in total. The molecular weight excluding hydrogens is 452 g/mol. The first kappa shape index (κ1) is 24.0. The van der Waals surface area contributed by atoms with Crippen molar-refractivity contribution in [3.63, 3.8) is 0 Å². The molecule has 0 bridgehead atoms. The predicted octanol–water partition coefficient (Wildman–Crippen LogP) is 3.39. The second kappa shape index (κ2) is 9.74. The van der Waals surface area contributed by atoms with Crippen LogP contribution in [0.3, 0.4) is 0 Å². The Kier molecular flexibility index (Phi) is 6.49. The number of likely N-dealkylation sites (N-methyl/N-ethyl adjacent to an activating group) is 1. The minimum atomic E-state index is -0.0981. The Morgan fingerprint density at radius 3 is 2.47 bits per heavy atom. The Balaban J connectivity index is 1.50. The van der Waals surface area contributed by atoms with E-state index in [1.165, 1.54) is 0 Å². The van der Waals surface area contributed by atoms with Crippen molar-refractivity contribution in [3.8, 4) is 11.1 Å². The van der Waals surface area contributed by atoms with Crippen LogP contribution >= 0.6 is 0 Å². The molecule has 2 amide bonds. The normalized spacial score (nSPS) is 20.6. The third kappa shape index (κ3) is 4.24. The summed E-state index contributed by atoms with van der Waals surface area (Å²) in [6.45, 7) is 0.707. The van der Waals surface area contributed by atoms with Crippen LogP contribution in [0.1, 0.15) is 34.1 Å². The van der Waals surface area contributed by atoms with E-state index in [9.17, 15) is 14.7 Å². The molecule has 36 heavy (non-hydrogen) atoms. The molecule has 0 spiro atoms. The number of likely N-dealkylation sites (tertiary alicyclic amines) is 1. The molecule has 3 atom stereocenters. The van der Waals surface area contributed by atoms with Crippen LogP contribution in [-0.4, -0.2) is 72.0 Å². The van der Waals surface area contributed by atoms with Gasteiger partial charge < -0.3 is 19.8 Å². The van der Waals surface area contributed by atoms with Crippen LogP contribution < -0.4 is 4.90 Å². The van der Waals surface area contributed by atoms with Crippen molar-refractivity contribution in [3.05, 3.63) is 83.7 Å². The van der Waals surface area contributed by atoms with Crippen molar-refractivity contribution in [1.29, 1.82) is 0 Å². The molecule has 0 radical (unpaired) electrons. The summed E-state index contributed by atoms with van der Waals surface area (Å²) in [5.74, 6) is 0.181. The zero-order valence-corrected chi connectivity index (χ0v) is 21.0. The molecule has 0 aliphatic carbocycles. The Bertz CT molecular complexity index is 1260. The molecule has 2 aliphatic heterocycles. The molecule has 0 unspecified atom stereocenters. The third-order valence-electron chi connectivity index (χ3n) is 7.60. The van der Waals surface area contributed by atoms with Gasteiger partial charge in [-0.1, -0.05) is 24.3 Å². The smallest absolute Gasteiger partial charge is 0.253 e. The molecule has 2 aliphatic rings. The van der Waals surface area contributed by atoms with Crippen molar-refractivity contribution >= 4 is 17.5 Å². The quantitative estimate of drug-likeness (QED) is 0.601. The van der Waals surface area contributed by atoms with Gasteiger partial charge in [-0.3, -0.25) is 14.6 Å². The molecule has 1 fully saturated rings. The van der Waals surface area contributed by atoms with E-state index in [2.05, 4.69) is 28.1 Å². The second-order valence-electron chi connectivity index (χ2n) is 9.89. The maximum Gasteiger partial charge on any atom is 0.253 e. The number of aromatic nitrogens is 1. The lowest BCUT2D eigenvalue weighted by molar-refractivity contribution is -0.132. The summed E-state index contributed by atoms with van der Waals surface area (Å²) in [4.78, 5) is 35.8. The highest BCUT2D eigenvalue weighted by atomic mass is 16.3. The van der Waals surface area contributed by atoms with Crippen LogP contribution in [0.5, 0.6) is 0 Å². The van der Waals surface area contributed by atoms with E-state index in [0.29, 0.717) is 12.1 Å². The number of hydrogen-bond donors (Lipinski definition) is 1. The number of carbonyl (C=O) groups excluding carboxylic acids is 2. The van der Waals surface area contributed by atoms with Gasteiger partial charge in [-0.2, -0.15) is 0 Å². The molecule has 7 nitrogen and oxygen atoms in total. The monoisotopic (exact) mass is 484 g/mol. The molecule has 0 saturated carbocycles. The summed E-state index contributed by atoms with van der Waals surface area (Å²) in [6.07, 6.45) is 2.82. The van der Waals surface area contributed by atoms with Crippen molar-refractivity contribution in [2.24, 2.45) is 5.92 Å². The Hall–Kier alpha value is -3.71. The van der Waals surface area contributed by atoms with E-state index in [1.807, 2.05) is 54.4 Å². The minimum absolute atomic E-state index is 0.0282. The van der Waals surface area contributed by atoms with Gasteiger partial charge >= 0.3 is 0 Å². The van der Waals surface area contributed by atoms with Crippen LogP contribution in [-0.2, 0) is 11.2 Å². The Morgan fingerprint density at radius 1 is 1.06 bits per heavy atom. The van der Waals surface area contributed by atoms with Gasteiger partial charge in [-0.25, -0.2) is 0 Å². The minimum Gasteiger partial charge on any atom is -0.394 e. The number of benzene rings is 2. The molecule has 5 rings (SSSR count). The molecular formula is C29H32N4O3. The fraction of sp³-hybridized carbons (Fsp3) is 0.345. The number of nitrogens with zero attached hydrogens (tertiary/aromatic N) is 4. The first-order valence-electron chi connectivity index (χ1n) is 12.4. The number of fused-ring (bicyclic) bond motifs is 3. The second-order valence-corrected chi connectivity index (χ2v) is 9.89. The molecule has 2 aromatic carbocycles. The molecule has 3 heterocycles. The number of pyridine rings is 1. The summed E-state index contributed by atoms with van der Waals surface area (Å²) in [7, 11) is 5.51. The van der Waals surface area contributed by atoms with E-state index < -0.39 is 0 Å². The van der Waals surface area contributed by atoms with Crippen molar-refractivity contribution in [2.45, 2.75) is 24.9 Å². The maximum atomic E-state index is 13.4. The van der Waals surface area contributed by atoms with Crippen LogP contribution in [0, 0.1) is 5.92 Å². The van der Waals surface area contributed by atoms with Gasteiger partial charge in [0.1, 0.15) is 0 Å². The SMILES string of the molecule is CN(C)C(=O)c1ccc(-c2ccc3c(c2)[C@@H]2[C@@H](CCN2C(=O)Cc2ccccn2)[C@H](CO)N3C)cc1. The summed E-state index contributed by atoms with van der Waals surface area (Å²) in [5, 5.41) is 10.3. The fourth-order valence-electron chi connectivity index (χ4n) is 5.74. The molecule has 3 aromatic rings. The number of aliphatic hydroxyl groups excluding tert-OH is 1. The number of anilines is 1. The van der Waals surface area contributed by atoms with Crippen LogP contribution in [0.4, 0.5) is 5.69 Å². The molecule has 1 saturated heterocycles. The summed E-state index contributed by atoms with van der Waals surface area (Å²) in [6, 6.07) is 19.5. The number of aliphatic hydroxyl groups is 1. The maximum absolute atomic E-state index is 13.4. The standard InChI is InChI=1S/C29H32N4O3/c1-31(2)29(36)20-9-7-19(8-10-20)21-11-12-25-24(16-21)28-23(26(18-34)32(25)3)13-15-33(28)27(35)17-22-6-4-5-14-30-22/h4-12,14,16,23,26,28,34H,13,15,17-18H2,1-3H3/t23-,26-,28-/m0/s1. The van der Waals surface area contributed by atoms with E-state index in [-0.39, 0.29) is 42.8 Å². The number of carbonyl (C=O) groups is 2. The van der Waals surface area contributed by atoms with Gasteiger partial charge in [0.2, 0.25) is 5.91 Å². The summed E-state index contributed by atoms with van der Waals surface area (Å²) in [5.41, 5.74) is 5.60. The largest absolute Gasteiger partial charge is 0.394 e. The van der Waals surface area contributed by atoms with Crippen LogP contribution in [0.25, 0.3) is 11.1 Å². The van der Waals surface area contributed by atoms with Crippen LogP contribution in [0.15, 0.2) is 66.9 Å². The van der Waals surface area contributed by atoms with Crippen molar-refractivity contribution < 1.29 is 14.7 Å². The summed E-state index contributed by atoms with van der Waals surface area (Å²) >= 11 is 0. The van der Waals surface area contributed by atoms with E-state index in [4.69, 9.17) is 0 Å². The topological polar surface area (TPSA) is 77.0 Å². The van der Waals surface area contributed by atoms with Crippen molar-refractivity contribution in [1.82, 2.24) is 14.8 Å². The number of amides is 2. The molecule has 7 heteroatoms. The van der Waals surface area contributed by atoms with Gasteiger partial charge in [-0.15, -0.1) is 0 Å². The van der Waals surface area contributed by atoms with Gasteiger partial charge in [0.15, 0.2) is 0 Å². The average molecular weight is 485 g/mol. The number of hydrogen-bond acceptors (Lipinski definition) is 5. The molecule has 186 valence electrons. The zero-order chi connectivity index (χ0) is 25.4. The highest BCUT2D eigenvalue weighted by Crippen LogP contribution is 2.49. The highest BCUT2D eigenvalue weighted by Gasteiger charge is 2.47. The predicted molar refractivity (Wildman–Crippen MR) is 140 cm³/mol. The first-order valence-corrected chi connectivity index (χ1v) is 12.4. The van der Waals surface area contributed by atoms with E-state index in [1.54, 1.807) is 25.2 Å². The highest BCUT2D eigenvalue weighted by molar-refractivity contribution is 5.94. The van der Waals surface area contributed by atoms with Crippen molar-refractivity contribution in [2.75, 3.05) is 39.2 Å². The van der Waals surface area contributed by atoms with Gasteiger partial charge in [0, 0.05) is 56.7 Å². The Labute approximate surface area is 212 Å². The lowest BCUT2D eigenvalue weighted by Crippen LogP contribution is -2.48. The van der Waals surface area contributed by atoms with E-state index in [0.717, 1.165) is 34.5 Å². The zero-order valence-electron chi connectivity index (χ0n) is 21.0.